The SMILES string of the molecule is Cc1c(-c2cc3cc(OCc4ccccc4)ccc3o2)oc(=O)c(C)c1OC(=O)c1cccnc1. The highest BCUT2D eigenvalue weighted by molar-refractivity contribution is 5.91. The zero-order chi connectivity index (χ0) is 24.4. The highest BCUT2D eigenvalue weighted by atomic mass is 16.5. The number of nitrogens with zero attached hydrogens (tertiary/aromatic N) is 1. The lowest BCUT2D eigenvalue weighted by Gasteiger charge is -2.11. The van der Waals surface area contributed by atoms with Gasteiger partial charge in [0.1, 0.15) is 23.7 Å². The Labute approximate surface area is 200 Å². The first kappa shape index (κ1) is 22.2. The quantitative estimate of drug-likeness (QED) is 0.289. The summed E-state index contributed by atoms with van der Waals surface area (Å²) >= 11 is 0. The summed E-state index contributed by atoms with van der Waals surface area (Å²) in [5, 5.41) is 0.780. The van der Waals surface area contributed by atoms with Gasteiger partial charge in [-0.15, -0.1) is 0 Å². The number of hydrogen-bond acceptors (Lipinski definition) is 7. The fourth-order valence-electron chi connectivity index (χ4n) is 3.71. The first-order valence-electron chi connectivity index (χ1n) is 11.0. The number of rotatable bonds is 6. The molecule has 5 rings (SSSR count). The Morgan fingerprint density at radius 2 is 1.77 bits per heavy atom. The highest BCUT2D eigenvalue weighted by Gasteiger charge is 2.22. The van der Waals surface area contributed by atoms with E-state index in [4.69, 9.17) is 18.3 Å². The van der Waals surface area contributed by atoms with Gasteiger partial charge in [-0.3, -0.25) is 4.98 Å². The van der Waals surface area contributed by atoms with Gasteiger partial charge in [0.25, 0.3) is 0 Å². The molecule has 0 aliphatic heterocycles. The Morgan fingerprint density at radius 3 is 2.54 bits per heavy atom. The van der Waals surface area contributed by atoms with Crippen LogP contribution in [0.4, 0.5) is 0 Å². The van der Waals surface area contributed by atoms with E-state index in [0.29, 0.717) is 29.3 Å². The topological polar surface area (TPSA) is 91.8 Å². The molecule has 0 unspecified atom stereocenters. The molecule has 35 heavy (non-hydrogen) atoms. The molecule has 174 valence electrons. The first-order chi connectivity index (χ1) is 17.0. The van der Waals surface area contributed by atoms with E-state index < -0.39 is 11.6 Å². The fourth-order valence-corrected chi connectivity index (χ4v) is 3.71. The highest BCUT2D eigenvalue weighted by Crippen LogP contribution is 2.35. The predicted octanol–water partition coefficient (Wildman–Crippen LogP) is 5.86. The van der Waals surface area contributed by atoms with Crippen molar-refractivity contribution in [3.05, 3.63) is 112 Å². The van der Waals surface area contributed by atoms with Crippen molar-refractivity contribution in [3.63, 3.8) is 0 Å². The van der Waals surface area contributed by atoms with E-state index >= 15 is 0 Å². The van der Waals surface area contributed by atoms with Crippen molar-refractivity contribution >= 4 is 16.9 Å². The number of benzene rings is 2. The maximum absolute atomic E-state index is 12.6. The van der Waals surface area contributed by atoms with Gasteiger partial charge in [0.05, 0.1) is 11.1 Å². The lowest BCUT2D eigenvalue weighted by molar-refractivity contribution is 0.0730. The van der Waals surface area contributed by atoms with Crippen LogP contribution in [0.25, 0.3) is 22.5 Å². The molecule has 0 spiro atoms. The van der Waals surface area contributed by atoms with E-state index in [0.717, 1.165) is 10.9 Å². The fraction of sp³-hybridized carbons (Fsp3) is 0.107. The Hall–Kier alpha value is -4.65. The lowest BCUT2D eigenvalue weighted by atomic mass is 10.1. The van der Waals surface area contributed by atoms with E-state index in [1.807, 2.05) is 42.5 Å². The number of carbonyl (C=O) groups is 1. The van der Waals surface area contributed by atoms with E-state index in [1.54, 1.807) is 44.3 Å². The number of fused-ring (bicyclic) bond motifs is 1. The summed E-state index contributed by atoms with van der Waals surface area (Å²) in [5.74, 6) is 0.732. The number of esters is 1. The summed E-state index contributed by atoms with van der Waals surface area (Å²) in [6.45, 7) is 3.69. The van der Waals surface area contributed by atoms with Crippen molar-refractivity contribution in [2.24, 2.45) is 0 Å². The largest absolute Gasteiger partial charge is 0.489 e. The molecule has 5 aromatic rings. The van der Waals surface area contributed by atoms with Crippen LogP contribution >= 0.6 is 0 Å². The van der Waals surface area contributed by atoms with Crippen LogP contribution in [-0.2, 0) is 6.61 Å². The third-order valence-electron chi connectivity index (χ3n) is 5.57. The Morgan fingerprint density at radius 1 is 0.943 bits per heavy atom. The molecule has 3 heterocycles. The predicted molar refractivity (Wildman–Crippen MR) is 130 cm³/mol. The number of hydrogen-bond donors (Lipinski definition) is 0. The van der Waals surface area contributed by atoms with Crippen LogP contribution in [-0.4, -0.2) is 11.0 Å². The molecule has 7 heteroatoms. The van der Waals surface area contributed by atoms with Gasteiger partial charge in [-0.05, 0) is 55.8 Å². The molecule has 0 N–H and O–H groups in total. The van der Waals surface area contributed by atoms with E-state index in [-0.39, 0.29) is 22.6 Å². The van der Waals surface area contributed by atoms with Crippen molar-refractivity contribution in [1.29, 1.82) is 0 Å². The summed E-state index contributed by atoms with van der Waals surface area (Å²) in [5.41, 5.74) is 1.98. The molecule has 0 aliphatic rings. The average Bonchev–Trinajstić information content (AvgIpc) is 3.31. The molecular formula is C28H21NO6. The van der Waals surface area contributed by atoms with Gasteiger partial charge in [0.2, 0.25) is 0 Å². The lowest BCUT2D eigenvalue weighted by Crippen LogP contribution is -2.15. The Bertz CT molecular complexity index is 1570. The van der Waals surface area contributed by atoms with E-state index in [1.165, 1.54) is 6.20 Å². The third kappa shape index (κ3) is 4.56. The average molecular weight is 467 g/mol. The van der Waals surface area contributed by atoms with Crippen LogP contribution in [0, 0.1) is 13.8 Å². The zero-order valence-corrected chi connectivity index (χ0v) is 19.1. The molecule has 0 atom stereocenters. The Kier molecular flexibility index (Phi) is 5.89. The van der Waals surface area contributed by atoms with Crippen LogP contribution in [0.15, 0.2) is 92.8 Å². The number of pyridine rings is 1. The van der Waals surface area contributed by atoms with Crippen LogP contribution in [0.3, 0.4) is 0 Å². The Balaban J connectivity index is 1.46. The van der Waals surface area contributed by atoms with Gasteiger partial charge in [-0.1, -0.05) is 30.3 Å². The van der Waals surface area contributed by atoms with Crippen molar-refractivity contribution < 1.29 is 23.1 Å². The monoisotopic (exact) mass is 467 g/mol. The molecule has 0 bridgehead atoms. The van der Waals surface area contributed by atoms with Crippen LogP contribution in [0.2, 0.25) is 0 Å². The summed E-state index contributed by atoms with van der Waals surface area (Å²) in [6.07, 6.45) is 2.96. The normalized spacial score (nSPS) is 10.9. The van der Waals surface area contributed by atoms with Gasteiger partial charge in [-0.2, -0.15) is 0 Å². The maximum atomic E-state index is 12.6. The van der Waals surface area contributed by atoms with Crippen LogP contribution in [0.1, 0.15) is 27.0 Å². The van der Waals surface area contributed by atoms with Crippen molar-refractivity contribution in [1.82, 2.24) is 4.98 Å². The molecule has 3 aromatic heterocycles. The summed E-state index contributed by atoms with van der Waals surface area (Å²) in [4.78, 5) is 29.1. The van der Waals surface area contributed by atoms with Gasteiger partial charge in [-0.25, -0.2) is 9.59 Å². The minimum Gasteiger partial charge on any atom is -0.489 e. The second-order valence-electron chi connectivity index (χ2n) is 8.01. The minimum absolute atomic E-state index is 0.137. The molecule has 0 saturated heterocycles. The van der Waals surface area contributed by atoms with Gasteiger partial charge in [0.15, 0.2) is 11.5 Å². The molecule has 2 aromatic carbocycles. The summed E-state index contributed by atoms with van der Waals surface area (Å²) in [7, 11) is 0. The van der Waals surface area contributed by atoms with Gasteiger partial charge >= 0.3 is 11.6 Å². The third-order valence-corrected chi connectivity index (χ3v) is 5.57. The summed E-state index contributed by atoms with van der Waals surface area (Å²) < 4.78 is 23.0. The molecule has 0 aliphatic carbocycles. The molecule has 0 radical (unpaired) electrons. The van der Waals surface area contributed by atoms with Gasteiger partial charge in [0, 0.05) is 23.3 Å². The molecule has 0 amide bonds. The number of ether oxygens (including phenoxy) is 2. The van der Waals surface area contributed by atoms with Crippen LogP contribution < -0.4 is 15.1 Å². The molecular weight excluding hydrogens is 446 g/mol. The standard InChI is InChI=1S/C28H21NO6/c1-17-25(34-28(31)20-9-6-12-29-15-20)18(2)27(30)35-26(17)24-14-21-13-22(10-11-23(21)33-24)32-16-19-7-4-3-5-8-19/h3-15H,16H2,1-2H3. The van der Waals surface area contributed by atoms with E-state index in [9.17, 15) is 9.59 Å². The second kappa shape index (κ2) is 9.30. The molecule has 0 saturated carbocycles. The van der Waals surface area contributed by atoms with Gasteiger partial charge < -0.3 is 18.3 Å². The molecule has 7 nitrogen and oxygen atoms in total. The van der Waals surface area contributed by atoms with Crippen molar-refractivity contribution in [2.45, 2.75) is 20.5 Å². The number of carbonyl (C=O) groups excluding carboxylic acids is 1. The maximum Gasteiger partial charge on any atom is 0.345 e. The summed E-state index contributed by atoms with van der Waals surface area (Å²) in [6, 6.07) is 20.3. The van der Waals surface area contributed by atoms with Crippen molar-refractivity contribution in [3.8, 4) is 23.0 Å². The smallest absolute Gasteiger partial charge is 0.345 e. The second-order valence-corrected chi connectivity index (χ2v) is 8.01. The number of aromatic nitrogens is 1. The van der Waals surface area contributed by atoms with Crippen LogP contribution in [0.5, 0.6) is 11.5 Å². The zero-order valence-electron chi connectivity index (χ0n) is 19.1. The van der Waals surface area contributed by atoms with E-state index in [2.05, 4.69) is 4.98 Å². The minimum atomic E-state index is -0.620. The molecule has 0 fully saturated rings. The number of furan rings is 1. The first-order valence-corrected chi connectivity index (χ1v) is 11.0. The van der Waals surface area contributed by atoms with Crippen molar-refractivity contribution in [2.75, 3.05) is 0 Å².